The Balaban J connectivity index is 1.94. The van der Waals surface area contributed by atoms with Gasteiger partial charge in [-0.1, -0.05) is 82.5 Å². The molecule has 5 nitrogen and oxygen atoms in total. The highest BCUT2D eigenvalue weighted by Gasteiger charge is 2.31. The number of halogens is 3. The number of amides is 2. The predicted molar refractivity (Wildman–Crippen MR) is 153 cm³/mol. The molecule has 0 aliphatic carbocycles. The number of carbonyl (C=O) groups excluding carboxylic acids is 2. The molecule has 3 rings (SSSR count). The predicted octanol–water partition coefficient (Wildman–Crippen LogP) is 6.92. The molecule has 0 radical (unpaired) electrons. The molecule has 0 aliphatic rings. The van der Waals surface area contributed by atoms with Crippen molar-refractivity contribution in [1.82, 2.24) is 10.2 Å². The zero-order valence-corrected chi connectivity index (χ0v) is 24.3. The largest absolute Gasteiger partial charge is 0.484 e. The molecule has 3 aromatic carbocycles. The Morgan fingerprint density at radius 2 is 1.70 bits per heavy atom. The van der Waals surface area contributed by atoms with E-state index in [2.05, 4.69) is 21.2 Å². The zero-order chi connectivity index (χ0) is 26.9. The first-order chi connectivity index (χ1) is 17.7. The molecular weight excluding hydrogens is 575 g/mol. The van der Waals surface area contributed by atoms with Crippen molar-refractivity contribution in [3.8, 4) is 5.75 Å². The van der Waals surface area contributed by atoms with E-state index in [0.717, 1.165) is 27.6 Å². The first-order valence-corrected chi connectivity index (χ1v) is 13.7. The van der Waals surface area contributed by atoms with E-state index in [1.54, 1.807) is 23.1 Å². The number of nitrogens with zero attached hydrogens (tertiary/aromatic N) is 1. The maximum atomic E-state index is 13.7. The number of ether oxygens (including phenoxy) is 1. The second kappa shape index (κ2) is 13.8. The smallest absolute Gasteiger partial charge is 0.261 e. The van der Waals surface area contributed by atoms with Crippen LogP contribution in [0.2, 0.25) is 10.0 Å². The normalized spacial score (nSPS) is 11.6. The number of hydrogen-bond acceptors (Lipinski definition) is 3. The van der Waals surface area contributed by atoms with Crippen molar-refractivity contribution < 1.29 is 14.3 Å². The van der Waals surface area contributed by atoms with E-state index in [4.69, 9.17) is 27.9 Å². The van der Waals surface area contributed by atoms with Crippen LogP contribution in [0.5, 0.6) is 5.75 Å². The molecule has 196 valence electrons. The summed E-state index contributed by atoms with van der Waals surface area (Å²) in [6.07, 6.45) is 1.13. The average molecular weight is 606 g/mol. The van der Waals surface area contributed by atoms with Crippen molar-refractivity contribution in [1.29, 1.82) is 0 Å². The third-order valence-electron chi connectivity index (χ3n) is 5.95. The molecule has 0 spiro atoms. The molecule has 1 N–H and O–H groups in total. The molecule has 3 aromatic rings. The van der Waals surface area contributed by atoms with Crippen molar-refractivity contribution in [2.75, 3.05) is 13.2 Å². The Morgan fingerprint density at radius 1 is 1.03 bits per heavy atom. The molecule has 8 heteroatoms. The lowest BCUT2D eigenvalue weighted by atomic mass is 10.0. The van der Waals surface area contributed by atoms with Crippen molar-refractivity contribution in [3.05, 3.63) is 97.4 Å². The van der Waals surface area contributed by atoms with E-state index < -0.39 is 6.04 Å². The highest BCUT2D eigenvalue weighted by atomic mass is 79.9. The van der Waals surface area contributed by atoms with Gasteiger partial charge in [-0.25, -0.2) is 0 Å². The van der Waals surface area contributed by atoms with Crippen LogP contribution in [-0.4, -0.2) is 35.9 Å². The average Bonchev–Trinajstić information content (AvgIpc) is 2.88. The summed E-state index contributed by atoms with van der Waals surface area (Å²) in [4.78, 5) is 28.6. The maximum Gasteiger partial charge on any atom is 0.261 e. The summed E-state index contributed by atoms with van der Waals surface area (Å²) in [6.45, 7) is 6.34. The Kier molecular flexibility index (Phi) is 10.9. The van der Waals surface area contributed by atoms with Gasteiger partial charge >= 0.3 is 0 Å². The molecule has 0 bridgehead atoms. The SMILES string of the molecule is CCCNC(=O)[C@H](Cc1ccccc1)N(Cc1ccc(Cl)cc1Cl)C(=O)COc1cc(C)c(Br)c(C)c1. The van der Waals surface area contributed by atoms with E-state index in [0.29, 0.717) is 34.3 Å². The quantitative estimate of drug-likeness (QED) is 0.258. The molecule has 0 saturated heterocycles. The third-order valence-corrected chi connectivity index (χ3v) is 7.79. The van der Waals surface area contributed by atoms with Crippen LogP contribution >= 0.6 is 39.1 Å². The van der Waals surface area contributed by atoms with Crippen LogP contribution in [0.15, 0.2) is 65.1 Å². The van der Waals surface area contributed by atoms with Gasteiger partial charge in [0.1, 0.15) is 11.8 Å². The number of aryl methyl sites for hydroxylation is 2. The first-order valence-electron chi connectivity index (χ1n) is 12.1. The second-order valence-electron chi connectivity index (χ2n) is 8.91. The van der Waals surface area contributed by atoms with E-state index >= 15 is 0 Å². The van der Waals surface area contributed by atoms with Gasteiger partial charge < -0.3 is 15.0 Å². The number of hydrogen-bond donors (Lipinski definition) is 1. The monoisotopic (exact) mass is 604 g/mol. The van der Waals surface area contributed by atoms with Gasteiger partial charge in [0, 0.05) is 34.0 Å². The molecule has 37 heavy (non-hydrogen) atoms. The van der Waals surface area contributed by atoms with Crippen LogP contribution < -0.4 is 10.1 Å². The van der Waals surface area contributed by atoms with Gasteiger partial charge in [0.05, 0.1) is 0 Å². The molecule has 2 amide bonds. The van der Waals surface area contributed by atoms with E-state index in [1.165, 1.54) is 0 Å². The molecule has 0 heterocycles. The fraction of sp³-hybridized carbons (Fsp3) is 0.310. The van der Waals surface area contributed by atoms with Crippen LogP contribution in [-0.2, 0) is 22.6 Å². The zero-order valence-electron chi connectivity index (χ0n) is 21.2. The lowest BCUT2D eigenvalue weighted by Crippen LogP contribution is -2.51. The van der Waals surface area contributed by atoms with E-state index in [1.807, 2.05) is 63.2 Å². The molecule has 0 fully saturated rings. The standard InChI is InChI=1S/C29H31BrCl2N2O3/c1-4-12-33-29(36)26(15-21-8-6-5-7-9-21)34(17-22-10-11-23(31)16-25(22)32)27(35)18-37-24-13-19(2)28(30)20(3)14-24/h5-11,13-14,16,26H,4,12,15,17-18H2,1-3H3,(H,33,36)/t26-/m0/s1. The first kappa shape index (κ1) is 29.0. The van der Waals surface area contributed by atoms with Gasteiger partial charge in [0.25, 0.3) is 5.91 Å². The molecule has 0 aromatic heterocycles. The third kappa shape index (κ3) is 8.22. The number of benzene rings is 3. The number of rotatable bonds is 11. The molecular formula is C29H31BrCl2N2O3. The van der Waals surface area contributed by atoms with Crippen LogP contribution in [0.1, 0.15) is 35.6 Å². The lowest BCUT2D eigenvalue weighted by Gasteiger charge is -2.31. The van der Waals surface area contributed by atoms with Crippen molar-refractivity contribution in [3.63, 3.8) is 0 Å². The second-order valence-corrected chi connectivity index (χ2v) is 10.6. The maximum absolute atomic E-state index is 13.7. The Morgan fingerprint density at radius 3 is 2.32 bits per heavy atom. The lowest BCUT2D eigenvalue weighted by molar-refractivity contribution is -0.142. The fourth-order valence-corrected chi connectivity index (χ4v) is 4.67. The highest BCUT2D eigenvalue weighted by molar-refractivity contribution is 9.10. The molecule has 0 unspecified atom stereocenters. The van der Waals surface area contributed by atoms with Crippen molar-refractivity contribution >= 4 is 50.9 Å². The molecule has 0 aliphatic heterocycles. The van der Waals surface area contributed by atoms with Crippen LogP contribution in [0.3, 0.4) is 0 Å². The summed E-state index contributed by atoms with van der Waals surface area (Å²) in [5.41, 5.74) is 3.65. The van der Waals surface area contributed by atoms with Crippen LogP contribution in [0, 0.1) is 13.8 Å². The minimum absolute atomic E-state index is 0.133. The minimum Gasteiger partial charge on any atom is -0.484 e. The Labute approximate surface area is 237 Å². The van der Waals surface area contributed by atoms with Gasteiger partial charge in [-0.2, -0.15) is 0 Å². The van der Waals surface area contributed by atoms with Gasteiger partial charge in [-0.15, -0.1) is 0 Å². The summed E-state index contributed by atoms with van der Waals surface area (Å²) < 4.78 is 6.92. The van der Waals surface area contributed by atoms with Crippen molar-refractivity contribution in [2.24, 2.45) is 0 Å². The molecule has 0 saturated carbocycles. The van der Waals surface area contributed by atoms with Crippen LogP contribution in [0.4, 0.5) is 0 Å². The topological polar surface area (TPSA) is 58.6 Å². The van der Waals surface area contributed by atoms with Gasteiger partial charge in [0.2, 0.25) is 5.91 Å². The van der Waals surface area contributed by atoms with E-state index in [9.17, 15) is 9.59 Å². The number of carbonyl (C=O) groups is 2. The summed E-state index contributed by atoms with van der Waals surface area (Å²) in [6, 6.07) is 17.8. The number of nitrogens with one attached hydrogen (secondary N) is 1. The van der Waals surface area contributed by atoms with Gasteiger partial charge in [-0.05, 0) is 66.8 Å². The summed E-state index contributed by atoms with van der Waals surface area (Å²) >= 11 is 16.1. The Hall–Kier alpha value is -2.54. The fourth-order valence-electron chi connectivity index (χ4n) is 3.97. The van der Waals surface area contributed by atoms with Gasteiger partial charge in [-0.3, -0.25) is 9.59 Å². The summed E-state index contributed by atoms with van der Waals surface area (Å²) in [7, 11) is 0. The molecule has 1 atom stereocenters. The minimum atomic E-state index is -0.759. The van der Waals surface area contributed by atoms with Crippen LogP contribution in [0.25, 0.3) is 0 Å². The highest BCUT2D eigenvalue weighted by Crippen LogP contribution is 2.27. The van der Waals surface area contributed by atoms with Gasteiger partial charge in [0.15, 0.2) is 6.61 Å². The summed E-state index contributed by atoms with van der Waals surface area (Å²) in [5.74, 6) is 0.0439. The van der Waals surface area contributed by atoms with E-state index in [-0.39, 0.29) is 25.0 Å². The van der Waals surface area contributed by atoms with Crippen molar-refractivity contribution in [2.45, 2.75) is 46.2 Å². The summed E-state index contributed by atoms with van der Waals surface area (Å²) in [5, 5.41) is 3.89. The Bertz CT molecular complexity index is 1210.